The molecule has 10 heteroatoms. The molecule has 0 aromatic carbocycles. The SMILES string of the molecule is CN(Cc1ccc(Cl)s1)S(=O)(=O)c1cnc(NN)c(Cl)c1. The van der Waals surface area contributed by atoms with Crippen molar-refractivity contribution in [2.45, 2.75) is 11.4 Å². The second-order valence-electron chi connectivity index (χ2n) is 4.11. The first-order chi connectivity index (χ1) is 9.84. The number of nitrogens with two attached hydrogens (primary N) is 1. The van der Waals surface area contributed by atoms with Crippen LogP contribution in [0.3, 0.4) is 0 Å². The molecule has 0 amide bonds. The van der Waals surface area contributed by atoms with Crippen molar-refractivity contribution in [3.8, 4) is 0 Å². The molecule has 0 saturated heterocycles. The predicted octanol–water partition coefficient (Wildman–Crippen LogP) is 2.56. The Morgan fingerprint density at radius 1 is 1.43 bits per heavy atom. The summed E-state index contributed by atoms with van der Waals surface area (Å²) >= 11 is 13.1. The maximum Gasteiger partial charge on any atom is 0.244 e. The van der Waals surface area contributed by atoms with Crippen molar-refractivity contribution in [1.82, 2.24) is 9.29 Å². The zero-order chi connectivity index (χ0) is 15.6. The van der Waals surface area contributed by atoms with Crippen LogP contribution in [0.5, 0.6) is 0 Å². The van der Waals surface area contributed by atoms with E-state index in [1.807, 2.05) is 0 Å². The highest BCUT2D eigenvalue weighted by atomic mass is 35.5. The third kappa shape index (κ3) is 3.65. The minimum Gasteiger partial charge on any atom is -0.307 e. The van der Waals surface area contributed by atoms with E-state index in [-0.39, 0.29) is 22.3 Å². The number of pyridine rings is 1. The van der Waals surface area contributed by atoms with Gasteiger partial charge in [-0.3, -0.25) is 0 Å². The Bertz CT molecular complexity index is 748. The molecule has 114 valence electrons. The fourth-order valence-corrected chi connectivity index (χ4v) is 4.22. The molecule has 0 spiro atoms. The van der Waals surface area contributed by atoms with Crippen molar-refractivity contribution in [3.05, 3.63) is 38.6 Å². The Hall–Kier alpha value is -0.900. The van der Waals surface area contributed by atoms with Crippen molar-refractivity contribution < 1.29 is 8.42 Å². The average molecular weight is 367 g/mol. The third-order valence-electron chi connectivity index (χ3n) is 2.67. The van der Waals surface area contributed by atoms with Crippen molar-refractivity contribution in [2.75, 3.05) is 12.5 Å². The van der Waals surface area contributed by atoms with Gasteiger partial charge in [-0.2, -0.15) is 4.31 Å². The van der Waals surface area contributed by atoms with Gasteiger partial charge in [0.2, 0.25) is 10.0 Å². The van der Waals surface area contributed by atoms with E-state index in [9.17, 15) is 8.42 Å². The number of hydrogen-bond acceptors (Lipinski definition) is 6. The van der Waals surface area contributed by atoms with Gasteiger partial charge in [0.15, 0.2) is 5.82 Å². The number of nitrogen functional groups attached to an aromatic ring is 1. The molecule has 0 unspecified atom stereocenters. The van der Waals surface area contributed by atoms with Gasteiger partial charge in [0, 0.05) is 24.7 Å². The normalized spacial score (nSPS) is 11.9. The number of thiophene rings is 1. The number of rotatable bonds is 5. The number of nitrogens with one attached hydrogen (secondary N) is 1. The lowest BCUT2D eigenvalue weighted by molar-refractivity contribution is 0.469. The monoisotopic (exact) mass is 366 g/mol. The second kappa shape index (κ2) is 6.47. The summed E-state index contributed by atoms with van der Waals surface area (Å²) in [6.07, 6.45) is 1.20. The summed E-state index contributed by atoms with van der Waals surface area (Å²) < 4.78 is 26.7. The van der Waals surface area contributed by atoms with Gasteiger partial charge in [-0.1, -0.05) is 23.2 Å². The summed E-state index contributed by atoms with van der Waals surface area (Å²) in [5, 5.41) is 0.131. The zero-order valence-corrected chi connectivity index (χ0v) is 14.0. The maximum absolute atomic E-state index is 12.4. The molecule has 6 nitrogen and oxygen atoms in total. The molecule has 0 aliphatic heterocycles. The summed E-state index contributed by atoms with van der Waals surface area (Å²) in [4.78, 5) is 4.70. The van der Waals surface area contributed by atoms with Gasteiger partial charge in [-0.05, 0) is 18.2 Å². The molecule has 2 heterocycles. The molecule has 2 aromatic rings. The minimum absolute atomic E-state index is 0.00310. The molecule has 0 radical (unpaired) electrons. The van der Waals surface area contributed by atoms with E-state index < -0.39 is 10.0 Å². The summed E-state index contributed by atoms with van der Waals surface area (Å²) in [5.74, 6) is 5.42. The first kappa shape index (κ1) is 16.5. The summed E-state index contributed by atoms with van der Waals surface area (Å²) in [6.45, 7) is 0.216. The molecule has 0 bridgehead atoms. The molecule has 0 aliphatic rings. The van der Waals surface area contributed by atoms with E-state index in [1.165, 1.54) is 35.0 Å². The highest BCUT2D eigenvalue weighted by Gasteiger charge is 2.23. The minimum atomic E-state index is -3.69. The number of nitrogens with zero attached hydrogens (tertiary/aromatic N) is 2. The molecular formula is C11H12Cl2N4O2S2. The van der Waals surface area contributed by atoms with Crippen LogP contribution >= 0.6 is 34.5 Å². The number of hydrazine groups is 1. The van der Waals surface area contributed by atoms with Gasteiger partial charge < -0.3 is 5.43 Å². The maximum atomic E-state index is 12.4. The Balaban J connectivity index is 2.26. The van der Waals surface area contributed by atoms with Crippen LogP contribution in [0.4, 0.5) is 5.82 Å². The number of anilines is 1. The third-order valence-corrected chi connectivity index (χ3v) is 5.94. The van der Waals surface area contributed by atoms with E-state index in [1.54, 1.807) is 12.1 Å². The number of hydrogen-bond donors (Lipinski definition) is 2. The molecule has 0 atom stereocenters. The van der Waals surface area contributed by atoms with Crippen LogP contribution in [0.1, 0.15) is 4.88 Å². The molecule has 2 rings (SSSR count). The van der Waals surface area contributed by atoms with Gasteiger partial charge in [-0.15, -0.1) is 11.3 Å². The fraction of sp³-hybridized carbons (Fsp3) is 0.182. The van der Waals surface area contributed by atoms with Crippen LogP contribution in [-0.4, -0.2) is 24.8 Å². The number of aromatic nitrogens is 1. The van der Waals surface area contributed by atoms with E-state index in [0.717, 1.165) is 4.88 Å². The van der Waals surface area contributed by atoms with E-state index in [0.29, 0.717) is 4.34 Å². The quantitative estimate of drug-likeness (QED) is 0.626. The van der Waals surface area contributed by atoms with Crippen LogP contribution in [0.15, 0.2) is 29.3 Å². The van der Waals surface area contributed by atoms with Crippen molar-refractivity contribution in [1.29, 1.82) is 0 Å². The molecule has 2 aromatic heterocycles. The number of sulfonamides is 1. The topological polar surface area (TPSA) is 88.3 Å². The van der Waals surface area contributed by atoms with Gasteiger partial charge in [-0.25, -0.2) is 19.2 Å². The van der Waals surface area contributed by atoms with Crippen LogP contribution < -0.4 is 11.3 Å². The largest absolute Gasteiger partial charge is 0.307 e. The van der Waals surface area contributed by atoms with Crippen molar-refractivity contribution in [2.24, 2.45) is 5.84 Å². The summed E-state index contributed by atoms with van der Waals surface area (Å²) in [5.41, 5.74) is 2.28. The molecule has 0 aliphatic carbocycles. The first-order valence-electron chi connectivity index (χ1n) is 5.67. The highest BCUT2D eigenvalue weighted by molar-refractivity contribution is 7.89. The molecule has 3 N–H and O–H groups in total. The predicted molar refractivity (Wildman–Crippen MR) is 85.0 cm³/mol. The van der Waals surface area contributed by atoms with Crippen LogP contribution in [0.25, 0.3) is 0 Å². The Morgan fingerprint density at radius 2 is 2.14 bits per heavy atom. The van der Waals surface area contributed by atoms with Crippen LogP contribution in [-0.2, 0) is 16.6 Å². The fourth-order valence-electron chi connectivity index (χ4n) is 1.59. The smallest absolute Gasteiger partial charge is 0.244 e. The van der Waals surface area contributed by atoms with Crippen LogP contribution in [0.2, 0.25) is 9.36 Å². The second-order valence-corrected chi connectivity index (χ2v) is 8.36. The molecule has 21 heavy (non-hydrogen) atoms. The molecular weight excluding hydrogens is 355 g/mol. The first-order valence-corrected chi connectivity index (χ1v) is 8.68. The highest BCUT2D eigenvalue weighted by Crippen LogP contribution is 2.26. The lowest BCUT2D eigenvalue weighted by atomic mass is 10.5. The average Bonchev–Trinajstić information content (AvgIpc) is 2.83. The number of halogens is 2. The Kier molecular flexibility index (Phi) is 5.07. The Labute approximate surface area is 136 Å². The Morgan fingerprint density at radius 3 is 2.67 bits per heavy atom. The lowest BCUT2D eigenvalue weighted by Crippen LogP contribution is -2.26. The van der Waals surface area contributed by atoms with Crippen molar-refractivity contribution in [3.63, 3.8) is 0 Å². The lowest BCUT2D eigenvalue weighted by Gasteiger charge is -2.16. The van der Waals surface area contributed by atoms with Gasteiger partial charge >= 0.3 is 0 Å². The van der Waals surface area contributed by atoms with E-state index >= 15 is 0 Å². The summed E-state index contributed by atoms with van der Waals surface area (Å²) in [7, 11) is -2.22. The van der Waals surface area contributed by atoms with E-state index in [4.69, 9.17) is 29.0 Å². The molecule has 0 saturated carbocycles. The van der Waals surface area contributed by atoms with Crippen LogP contribution in [0, 0.1) is 0 Å². The molecule has 0 fully saturated rings. The standard InChI is InChI=1S/C11H12Cl2N4O2S2/c1-17(6-7-2-3-10(13)20-7)21(18,19)8-4-9(12)11(16-14)15-5-8/h2-5H,6,14H2,1H3,(H,15,16). The summed E-state index contributed by atoms with van der Waals surface area (Å²) in [6, 6.07) is 4.81. The van der Waals surface area contributed by atoms with Gasteiger partial charge in [0.1, 0.15) is 4.90 Å². The van der Waals surface area contributed by atoms with E-state index in [2.05, 4.69) is 10.4 Å². The van der Waals surface area contributed by atoms with Crippen molar-refractivity contribution >= 4 is 50.4 Å². The zero-order valence-electron chi connectivity index (χ0n) is 10.9. The van der Waals surface area contributed by atoms with Gasteiger partial charge in [0.05, 0.1) is 9.36 Å². The van der Waals surface area contributed by atoms with Gasteiger partial charge in [0.25, 0.3) is 0 Å².